The largest absolute Gasteiger partial charge is 0.295 e. The van der Waals surface area contributed by atoms with Crippen molar-refractivity contribution in [2.24, 2.45) is 0 Å². The lowest BCUT2D eigenvalue weighted by atomic mass is 10.1. The van der Waals surface area contributed by atoms with E-state index in [-0.39, 0.29) is 5.78 Å². The lowest BCUT2D eigenvalue weighted by Crippen LogP contribution is -1.92. The first kappa shape index (κ1) is 9.41. The Morgan fingerprint density at radius 2 is 2.00 bits per heavy atom. The van der Waals surface area contributed by atoms with Crippen LogP contribution in [0.15, 0.2) is 11.6 Å². The third-order valence-electron chi connectivity index (χ3n) is 1.23. The summed E-state index contributed by atoms with van der Waals surface area (Å²) in [4.78, 5) is 10.9. The van der Waals surface area contributed by atoms with E-state index in [9.17, 15) is 4.79 Å². The van der Waals surface area contributed by atoms with Crippen LogP contribution in [0, 0.1) is 0 Å². The molecule has 0 radical (unpaired) electrons. The fourth-order valence-electron chi connectivity index (χ4n) is 0.745. The van der Waals surface area contributed by atoms with Crippen LogP contribution in [0.4, 0.5) is 0 Å². The second-order valence-corrected chi connectivity index (χ2v) is 2.79. The molecular formula is C9H16O. The molecule has 0 heterocycles. The van der Waals surface area contributed by atoms with E-state index in [2.05, 4.69) is 6.92 Å². The predicted molar refractivity (Wildman–Crippen MR) is 44.0 cm³/mol. The van der Waals surface area contributed by atoms with Crippen molar-refractivity contribution in [3.8, 4) is 0 Å². The number of carbonyl (C=O) groups excluding carboxylic acids is 1. The Labute approximate surface area is 63.1 Å². The van der Waals surface area contributed by atoms with Crippen molar-refractivity contribution in [1.82, 2.24) is 0 Å². The van der Waals surface area contributed by atoms with Crippen LogP contribution >= 0.6 is 0 Å². The molecule has 0 bridgehead atoms. The molecule has 0 amide bonds. The molecule has 0 aliphatic carbocycles. The molecule has 0 aromatic carbocycles. The van der Waals surface area contributed by atoms with Crippen LogP contribution in [0.2, 0.25) is 0 Å². The van der Waals surface area contributed by atoms with Gasteiger partial charge in [0.15, 0.2) is 5.78 Å². The summed E-state index contributed by atoms with van der Waals surface area (Å²) in [6.45, 7) is 5.99. The highest BCUT2D eigenvalue weighted by molar-refractivity contribution is 5.90. The number of unbranched alkanes of at least 4 members (excludes halogenated alkanes) is 1. The fraction of sp³-hybridized carbons (Fsp3) is 0.667. The Hall–Kier alpha value is -0.590. The average molecular weight is 140 g/mol. The highest BCUT2D eigenvalue weighted by Gasteiger charge is 1.94. The molecule has 0 fully saturated rings. The highest BCUT2D eigenvalue weighted by Crippen LogP contribution is 1.98. The van der Waals surface area contributed by atoms with Gasteiger partial charge in [-0.05, 0) is 26.3 Å². The molecule has 0 rings (SSSR count). The van der Waals surface area contributed by atoms with Crippen molar-refractivity contribution in [3.63, 3.8) is 0 Å². The Balaban J connectivity index is 3.54. The van der Waals surface area contributed by atoms with Gasteiger partial charge in [0.2, 0.25) is 0 Å². The minimum absolute atomic E-state index is 0.266. The molecule has 0 aliphatic heterocycles. The van der Waals surface area contributed by atoms with Crippen molar-refractivity contribution in [3.05, 3.63) is 11.6 Å². The summed E-state index contributed by atoms with van der Waals surface area (Å²) < 4.78 is 0. The molecule has 0 aromatic heterocycles. The van der Waals surface area contributed by atoms with Crippen molar-refractivity contribution in [1.29, 1.82) is 0 Å². The quantitative estimate of drug-likeness (QED) is 0.549. The van der Waals surface area contributed by atoms with Crippen LogP contribution < -0.4 is 0 Å². The van der Waals surface area contributed by atoms with Crippen molar-refractivity contribution in [2.45, 2.75) is 40.0 Å². The number of rotatable bonds is 4. The first-order chi connectivity index (χ1) is 4.66. The maximum Gasteiger partial charge on any atom is 0.155 e. The lowest BCUT2D eigenvalue weighted by molar-refractivity contribution is -0.114. The second-order valence-electron chi connectivity index (χ2n) is 2.79. The van der Waals surface area contributed by atoms with Crippen LogP contribution in [0.3, 0.4) is 0 Å². The van der Waals surface area contributed by atoms with E-state index >= 15 is 0 Å². The van der Waals surface area contributed by atoms with E-state index in [1.54, 1.807) is 6.08 Å². The fourth-order valence-corrected chi connectivity index (χ4v) is 0.745. The monoisotopic (exact) mass is 140 g/mol. The summed E-state index contributed by atoms with van der Waals surface area (Å²) in [6.07, 6.45) is 4.54. The third kappa shape index (κ3) is 5.54. The molecule has 0 atom stereocenters. The molecule has 0 N–H and O–H groups in total. The standard InChI is InChI=1S/C9H16O/c1-4-5-6-9(10)7-8(2)3/h7H,4-6H2,1-3H3. The maximum absolute atomic E-state index is 10.9. The minimum Gasteiger partial charge on any atom is -0.295 e. The van der Waals surface area contributed by atoms with Crippen molar-refractivity contribution < 1.29 is 4.79 Å². The second kappa shape index (κ2) is 5.21. The number of carbonyl (C=O) groups is 1. The maximum atomic E-state index is 10.9. The Morgan fingerprint density at radius 3 is 2.40 bits per heavy atom. The van der Waals surface area contributed by atoms with E-state index < -0.39 is 0 Å². The zero-order valence-corrected chi connectivity index (χ0v) is 7.11. The normalized spacial score (nSPS) is 9.10. The predicted octanol–water partition coefficient (Wildman–Crippen LogP) is 2.71. The summed E-state index contributed by atoms with van der Waals surface area (Å²) in [5.41, 5.74) is 1.10. The highest BCUT2D eigenvalue weighted by atomic mass is 16.1. The molecule has 0 saturated heterocycles. The smallest absolute Gasteiger partial charge is 0.155 e. The molecule has 0 unspecified atom stereocenters. The van der Waals surface area contributed by atoms with Gasteiger partial charge in [-0.2, -0.15) is 0 Å². The van der Waals surface area contributed by atoms with E-state index in [1.807, 2.05) is 13.8 Å². The molecular weight excluding hydrogens is 124 g/mol. The van der Waals surface area contributed by atoms with Gasteiger partial charge in [-0.25, -0.2) is 0 Å². The third-order valence-corrected chi connectivity index (χ3v) is 1.23. The SMILES string of the molecule is CCCCC(=O)C=C(C)C. The van der Waals surface area contributed by atoms with Gasteiger partial charge >= 0.3 is 0 Å². The van der Waals surface area contributed by atoms with Crippen LogP contribution in [0.25, 0.3) is 0 Å². The van der Waals surface area contributed by atoms with Gasteiger partial charge in [0.25, 0.3) is 0 Å². The van der Waals surface area contributed by atoms with E-state index in [1.165, 1.54) is 0 Å². The van der Waals surface area contributed by atoms with Gasteiger partial charge < -0.3 is 0 Å². The summed E-state index contributed by atoms with van der Waals surface area (Å²) in [5, 5.41) is 0. The molecule has 0 spiro atoms. The summed E-state index contributed by atoms with van der Waals surface area (Å²) >= 11 is 0. The van der Waals surface area contributed by atoms with E-state index in [4.69, 9.17) is 0 Å². The zero-order valence-electron chi connectivity index (χ0n) is 7.11. The summed E-state index contributed by atoms with van der Waals surface area (Å²) in [6, 6.07) is 0. The Morgan fingerprint density at radius 1 is 1.40 bits per heavy atom. The van der Waals surface area contributed by atoms with Gasteiger partial charge in [0.1, 0.15) is 0 Å². The van der Waals surface area contributed by atoms with E-state index in [0.29, 0.717) is 6.42 Å². The number of ketones is 1. The van der Waals surface area contributed by atoms with Gasteiger partial charge in [0, 0.05) is 6.42 Å². The van der Waals surface area contributed by atoms with Gasteiger partial charge in [-0.15, -0.1) is 0 Å². The molecule has 0 saturated carbocycles. The van der Waals surface area contributed by atoms with Gasteiger partial charge in [0.05, 0.1) is 0 Å². The first-order valence-corrected chi connectivity index (χ1v) is 3.84. The average Bonchev–Trinajstić information content (AvgIpc) is 1.82. The van der Waals surface area contributed by atoms with Crippen LogP contribution in [-0.2, 0) is 4.79 Å². The Bertz CT molecular complexity index is 130. The Kier molecular flexibility index (Phi) is 4.91. The summed E-state index contributed by atoms with van der Waals surface area (Å²) in [7, 11) is 0. The lowest BCUT2D eigenvalue weighted by Gasteiger charge is -1.92. The molecule has 58 valence electrons. The van der Waals surface area contributed by atoms with Crippen molar-refractivity contribution in [2.75, 3.05) is 0 Å². The molecule has 1 nitrogen and oxygen atoms in total. The van der Waals surface area contributed by atoms with Gasteiger partial charge in [-0.1, -0.05) is 18.9 Å². The van der Waals surface area contributed by atoms with E-state index in [0.717, 1.165) is 18.4 Å². The van der Waals surface area contributed by atoms with Crippen LogP contribution in [0.5, 0.6) is 0 Å². The molecule has 0 aromatic rings. The first-order valence-electron chi connectivity index (χ1n) is 3.84. The zero-order chi connectivity index (χ0) is 7.98. The topological polar surface area (TPSA) is 17.1 Å². The molecule has 1 heteroatoms. The number of hydrogen-bond acceptors (Lipinski definition) is 1. The van der Waals surface area contributed by atoms with Gasteiger partial charge in [-0.3, -0.25) is 4.79 Å². The molecule has 10 heavy (non-hydrogen) atoms. The number of allylic oxidation sites excluding steroid dienone is 2. The summed E-state index contributed by atoms with van der Waals surface area (Å²) in [5.74, 6) is 0.266. The minimum atomic E-state index is 0.266. The van der Waals surface area contributed by atoms with Crippen molar-refractivity contribution >= 4 is 5.78 Å². The van der Waals surface area contributed by atoms with Crippen LogP contribution in [-0.4, -0.2) is 5.78 Å². The molecule has 0 aliphatic rings. The van der Waals surface area contributed by atoms with Crippen LogP contribution in [0.1, 0.15) is 40.0 Å². The number of hydrogen-bond donors (Lipinski definition) is 0.